The number of unbranched alkanes of at least 4 members (excludes halogenated alkanes) is 24. The summed E-state index contributed by atoms with van der Waals surface area (Å²) < 4.78 is 12.5. The van der Waals surface area contributed by atoms with Crippen molar-refractivity contribution in [1.82, 2.24) is 0 Å². The molecule has 0 aromatic heterocycles. The third-order valence-electron chi connectivity index (χ3n) is 12.8. The fourth-order valence-electron chi connectivity index (χ4n) is 8.35. The van der Waals surface area contributed by atoms with Crippen LogP contribution in [0, 0.1) is 10.8 Å². The molecule has 0 atom stereocenters. The second kappa shape index (κ2) is 38.8. The molecule has 58 heavy (non-hydrogen) atoms. The van der Waals surface area contributed by atoms with Gasteiger partial charge in [0.2, 0.25) is 0 Å². The van der Waals surface area contributed by atoms with Gasteiger partial charge in [-0.1, -0.05) is 195 Å². The summed E-state index contributed by atoms with van der Waals surface area (Å²) >= 11 is 0. The van der Waals surface area contributed by atoms with Gasteiger partial charge in [0.25, 0.3) is 0 Å². The minimum absolute atomic E-state index is 0.0212. The molecule has 0 bridgehead atoms. The molecule has 0 saturated heterocycles. The minimum atomic E-state index is -0.470. The highest BCUT2D eigenvalue weighted by Gasteiger charge is 2.32. The summed E-state index contributed by atoms with van der Waals surface area (Å²) in [7, 11) is 0. The number of aliphatic hydroxyl groups is 1. The summed E-state index contributed by atoms with van der Waals surface area (Å²) in [5.41, 5.74) is -0.940. The Labute approximate surface area is 363 Å². The van der Waals surface area contributed by atoms with Crippen LogP contribution >= 0.6 is 0 Å². The molecule has 0 rings (SSSR count). The number of aliphatic hydroxyl groups excluding tert-OH is 1. The van der Waals surface area contributed by atoms with E-state index in [1.807, 2.05) is 0 Å². The predicted molar refractivity (Wildman–Crippen MR) is 251 cm³/mol. The van der Waals surface area contributed by atoms with Crippen LogP contribution < -0.4 is 0 Å². The summed E-state index contributed by atoms with van der Waals surface area (Å²) in [6, 6.07) is 0. The fourth-order valence-corrected chi connectivity index (χ4v) is 8.35. The molecule has 0 aliphatic heterocycles. The van der Waals surface area contributed by atoms with E-state index in [0.29, 0.717) is 0 Å². The van der Waals surface area contributed by atoms with Crippen LogP contribution in [0.4, 0.5) is 0 Å². The molecular weight excluding hydrogens is 717 g/mol. The Hall–Kier alpha value is -1.10. The Bertz CT molecular complexity index is 808. The van der Waals surface area contributed by atoms with Crippen LogP contribution in [-0.2, 0) is 19.1 Å². The van der Waals surface area contributed by atoms with Gasteiger partial charge in [-0.05, 0) is 105 Å². The molecule has 346 valence electrons. The van der Waals surface area contributed by atoms with Crippen LogP contribution in [0.25, 0.3) is 0 Å². The van der Waals surface area contributed by atoms with E-state index in [1.165, 1.54) is 128 Å². The summed E-state index contributed by atoms with van der Waals surface area (Å²) in [5.74, 6) is -0.0424. The van der Waals surface area contributed by atoms with Gasteiger partial charge in [0.1, 0.15) is 12.2 Å². The molecule has 0 aromatic rings. The van der Waals surface area contributed by atoms with Gasteiger partial charge in [-0.2, -0.15) is 0 Å². The lowest BCUT2D eigenvalue weighted by Crippen LogP contribution is -2.31. The van der Waals surface area contributed by atoms with Crippen molar-refractivity contribution >= 4 is 11.9 Å². The van der Waals surface area contributed by atoms with E-state index in [9.17, 15) is 14.7 Å². The highest BCUT2D eigenvalue weighted by Crippen LogP contribution is 2.30. The van der Waals surface area contributed by atoms with Gasteiger partial charge in [-0.3, -0.25) is 9.59 Å². The summed E-state index contributed by atoms with van der Waals surface area (Å²) in [6.07, 6.45) is 43.6. The Morgan fingerprint density at radius 1 is 0.362 bits per heavy atom. The van der Waals surface area contributed by atoms with Crippen LogP contribution in [0.3, 0.4) is 0 Å². The maximum Gasteiger partial charge on any atom is 0.311 e. The Balaban J connectivity index is 4.51. The predicted octanol–water partition coefficient (Wildman–Crippen LogP) is 17.1. The minimum Gasteiger partial charge on any atom is -0.462 e. The van der Waals surface area contributed by atoms with Crippen molar-refractivity contribution in [1.29, 1.82) is 0 Å². The van der Waals surface area contributed by atoms with Crippen molar-refractivity contribution < 1.29 is 24.2 Å². The molecule has 0 aromatic carbocycles. The van der Waals surface area contributed by atoms with Crippen LogP contribution in [0.5, 0.6) is 0 Å². The number of ether oxygens (including phenoxy) is 2. The Kier molecular flexibility index (Phi) is 38.1. The van der Waals surface area contributed by atoms with Gasteiger partial charge >= 0.3 is 11.9 Å². The molecule has 5 heteroatoms. The summed E-state index contributed by atoms with van der Waals surface area (Å²) in [6.45, 7) is 17.3. The van der Waals surface area contributed by atoms with Crippen molar-refractivity contribution in [3.8, 4) is 0 Å². The molecule has 0 aliphatic rings. The van der Waals surface area contributed by atoms with E-state index >= 15 is 0 Å². The van der Waals surface area contributed by atoms with Gasteiger partial charge < -0.3 is 14.6 Å². The fraction of sp³-hybridized carbons (Fsp3) is 0.962. The molecule has 0 amide bonds. The number of carbonyl (C=O) groups excluding carboxylic acids is 2. The van der Waals surface area contributed by atoms with Gasteiger partial charge in [-0.25, -0.2) is 0 Å². The quantitative estimate of drug-likeness (QED) is 0.0490. The molecule has 0 fully saturated rings. The number of hydrogen-bond donors (Lipinski definition) is 1. The number of hydrogen-bond acceptors (Lipinski definition) is 5. The highest BCUT2D eigenvalue weighted by molar-refractivity contribution is 5.76. The SMILES string of the molecule is CCCCCCCCC(CCCCCCCC)OC(=O)C(C)(C)CCCCCC(O)CCCCCC(C)(C)C(=O)OC(CCCCCCCC)CCCCCCCC. The van der Waals surface area contributed by atoms with Crippen LogP contribution in [0.2, 0.25) is 0 Å². The average molecular weight is 821 g/mol. The van der Waals surface area contributed by atoms with E-state index in [0.717, 1.165) is 116 Å². The summed E-state index contributed by atoms with van der Waals surface area (Å²) in [4.78, 5) is 26.8. The van der Waals surface area contributed by atoms with Gasteiger partial charge in [-0.15, -0.1) is 0 Å². The lowest BCUT2D eigenvalue weighted by atomic mass is 9.86. The van der Waals surface area contributed by atoms with Crippen LogP contribution in [-0.4, -0.2) is 35.4 Å². The first kappa shape index (κ1) is 56.9. The normalized spacial score (nSPS) is 12.3. The molecule has 1 N–H and O–H groups in total. The zero-order valence-corrected chi connectivity index (χ0v) is 40.7. The van der Waals surface area contributed by atoms with Crippen LogP contribution in [0.1, 0.15) is 299 Å². The van der Waals surface area contributed by atoms with E-state index in [4.69, 9.17) is 9.47 Å². The van der Waals surface area contributed by atoms with Gasteiger partial charge in [0, 0.05) is 0 Å². The van der Waals surface area contributed by atoms with E-state index in [1.54, 1.807) is 0 Å². The second-order valence-corrected chi connectivity index (χ2v) is 19.9. The van der Waals surface area contributed by atoms with Crippen molar-refractivity contribution in [2.75, 3.05) is 0 Å². The molecule has 0 saturated carbocycles. The molecule has 0 radical (unpaired) electrons. The largest absolute Gasteiger partial charge is 0.462 e. The van der Waals surface area contributed by atoms with E-state index < -0.39 is 10.8 Å². The number of rotatable bonds is 44. The maximum atomic E-state index is 13.4. The van der Waals surface area contributed by atoms with Crippen molar-refractivity contribution in [3.63, 3.8) is 0 Å². The lowest BCUT2D eigenvalue weighted by molar-refractivity contribution is -0.161. The second-order valence-electron chi connectivity index (χ2n) is 19.9. The molecule has 0 heterocycles. The van der Waals surface area contributed by atoms with Gasteiger partial charge in [0.05, 0.1) is 16.9 Å². The molecule has 0 aliphatic carbocycles. The third kappa shape index (κ3) is 33.6. The first-order valence-corrected chi connectivity index (χ1v) is 26.0. The van der Waals surface area contributed by atoms with E-state index in [2.05, 4.69) is 55.4 Å². The average Bonchev–Trinajstić information content (AvgIpc) is 3.19. The standard InChI is InChI=1S/C53H104O5/c1-9-13-17-21-25-33-41-48(42-34-26-22-18-14-10-2)57-50(55)52(5,6)45-37-29-31-39-47(54)40-32-30-38-46-53(7,8)51(56)58-49(43-35-27-23-19-15-11-3)44-36-28-24-20-16-12-4/h47-49,54H,9-46H2,1-8H3. The van der Waals surface area contributed by atoms with Crippen LogP contribution in [0.15, 0.2) is 0 Å². The van der Waals surface area contributed by atoms with E-state index in [-0.39, 0.29) is 30.3 Å². The van der Waals surface area contributed by atoms with Crippen molar-refractivity contribution in [2.45, 2.75) is 318 Å². The molecular formula is C53H104O5. The van der Waals surface area contributed by atoms with Gasteiger partial charge in [0.15, 0.2) is 0 Å². The number of carbonyl (C=O) groups is 2. The maximum absolute atomic E-state index is 13.4. The van der Waals surface area contributed by atoms with Crippen molar-refractivity contribution in [3.05, 3.63) is 0 Å². The zero-order valence-electron chi connectivity index (χ0n) is 40.7. The topological polar surface area (TPSA) is 72.8 Å². The monoisotopic (exact) mass is 821 g/mol. The molecule has 5 nitrogen and oxygen atoms in total. The Morgan fingerprint density at radius 2 is 0.586 bits per heavy atom. The first-order valence-electron chi connectivity index (χ1n) is 26.0. The lowest BCUT2D eigenvalue weighted by Gasteiger charge is -2.27. The summed E-state index contributed by atoms with van der Waals surface area (Å²) in [5, 5.41) is 10.7. The third-order valence-corrected chi connectivity index (χ3v) is 12.8. The molecule has 0 spiro atoms. The molecule has 0 unspecified atom stereocenters. The number of esters is 2. The Morgan fingerprint density at radius 3 is 0.862 bits per heavy atom. The van der Waals surface area contributed by atoms with Crippen molar-refractivity contribution in [2.24, 2.45) is 10.8 Å². The first-order chi connectivity index (χ1) is 27.9. The smallest absolute Gasteiger partial charge is 0.311 e. The zero-order chi connectivity index (χ0) is 43.2. The highest BCUT2D eigenvalue weighted by atomic mass is 16.5.